The van der Waals surface area contributed by atoms with Gasteiger partial charge in [-0.2, -0.15) is 18.4 Å². The third-order valence-corrected chi connectivity index (χ3v) is 7.76. The van der Waals surface area contributed by atoms with Crippen molar-refractivity contribution in [2.75, 3.05) is 43.0 Å². The minimum Gasteiger partial charge on any atom is -0.382 e. The second-order valence-electron chi connectivity index (χ2n) is 10.2. The molecule has 1 saturated carbocycles. The average Bonchev–Trinajstić information content (AvgIpc) is 2.96. The average molecular weight is 572 g/mol. The molecule has 11 heteroatoms. The molecule has 7 nitrogen and oxygen atoms in total. The molecule has 5 rings (SSSR count). The van der Waals surface area contributed by atoms with Crippen LogP contribution in [0.4, 0.5) is 24.7 Å². The predicted octanol–water partition coefficient (Wildman–Crippen LogP) is 5.87. The maximum Gasteiger partial charge on any atom is 0.417 e. The fourth-order valence-corrected chi connectivity index (χ4v) is 5.48. The number of carbonyl (C=O) groups is 1. The number of amides is 1. The number of fused-ring (bicyclic) bond motifs is 1. The first-order valence-corrected chi connectivity index (χ1v) is 13.7. The summed E-state index contributed by atoms with van der Waals surface area (Å²) in [6.07, 6.45) is -1.81. The first kappa shape index (κ1) is 28.0. The monoisotopic (exact) mass is 571 g/mol. The van der Waals surface area contributed by atoms with Gasteiger partial charge in [-0.1, -0.05) is 11.6 Å². The number of nitriles is 1. The van der Waals surface area contributed by atoms with E-state index in [9.17, 15) is 18.0 Å². The largest absolute Gasteiger partial charge is 0.417 e. The maximum atomic E-state index is 13.3. The summed E-state index contributed by atoms with van der Waals surface area (Å²) in [4.78, 5) is 21.5. The molecule has 0 unspecified atom stereocenters. The lowest BCUT2D eigenvalue weighted by atomic mass is 9.92. The molecule has 3 aromatic rings. The molecule has 1 N–H and O–H groups in total. The second kappa shape index (κ2) is 11.9. The number of aromatic nitrogens is 1. The van der Waals surface area contributed by atoms with Gasteiger partial charge in [-0.3, -0.25) is 4.79 Å². The lowest BCUT2D eigenvalue weighted by molar-refractivity contribution is -0.139. The van der Waals surface area contributed by atoms with E-state index >= 15 is 0 Å². The van der Waals surface area contributed by atoms with Crippen molar-refractivity contribution in [3.05, 3.63) is 64.7 Å². The smallest absolute Gasteiger partial charge is 0.382 e. The molecule has 2 aliphatic rings. The van der Waals surface area contributed by atoms with Crippen LogP contribution < -0.4 is 10.2 Å². The van der Waals surface area contributed by atoms with E-state index in [0.717, 1.165) is 22.8 Å². The number of carbonyl (C=O) groups excluding carboxylic acids is 1. The van der Waals surface area contributed by atoms with Crippen molar-refractivity contribution in [2.45, 2.75) is 44.0 Å². The van der Waals surface area contributed by atoms with Crippen LogP contribution in [-0.2, 0) is 15.7 Å². The Balaban J connectivity index is 1.05. The van der Waals surface area contributed by atoms with Crippen LogP contribution in [0.15, 0.2) is 48.5 Å². The van der Waals surface area contributed by atoms with E-state index in [1.807, 2.05) is 35.2 Å². The van der Waals surface area contributed by atoms with Gasteiger partial charge in [0.1, 0.15) is 12.4 Å². The molecule has 1 amide bonds. The van der Waals surface area contributed by atoms with Crippen molar-refractivity contribution in [1.82, 2.24) is 9.88 Å². The minimum atomic E-state index is -4.59. The van der Waals surface area contributed by atoms with Crippen molar-refractivity contribution in [2.24, 2.45) is 0 Å². The van der Waals surface area contributed by atoms with E-state index in [-0.39, 0.29) is 24.7 Å². The summed E-state index contributed by atoms with van der Waals surface area (Å²) in [5.74, 6) is 0.831. The van der Waals surface area contributed by atoms with Gasteiger partial charge in [0.15, 0.2) is 0 Å². The number of piperazine rings is 1. The Kier molecular flexibility index (Phi) is 8.33. The Bertz CT molecular complexity index is 1410. The SMILES string of the molecule is N#Cc1ccc(NC2CCC(OCC(=O)N3CCN(c4ccc5cc(Cl)ccc5n4)CC3)CC2)cc1C(F)(F)F. The van der Waals surface area contributed by atoms with E-state index in [1.54, 1.807) is 6.07 Å². The van der Waals surface area contributed by atoms with E-state index in [2.05, 4.69) is 10.2 Å². The van der Waals surface area contributed by atoms with Gasteiger partial charge in [0.25, 0.3) is 0 Å². The molecule has 0 bridgehead atoms. The molecule has 1 aliphatic carbocycles. The summed E-state index contributed by atoms with van der Waals surface area (Å²) < 4.78 is 45.7. The Morgan fingerprint density at radius 3 is 2.50 bits per heavy atom. The van der Waals surface area contributed by atoms with Crippen LogP contribution >= 0.6 is 11.6 Å². The first-order chi connectivity index (χ1) is 19.2. The van der Waals surface area contributed by atoms with Gasteiger partial charge in [-0.05, 0) is 74.2 Å². The number of rotatable bonds is 6. The van der Waals surface area contributed by atoms with Crippen molar-refractivity contribution in [3.8, 4) is 6.07 Å². The third kappa shape index (κ3) is 6.60. The second-order valence-corrected chi connectivity index (χ2v) is 10.6. The highest BCUT2D eigenvalue weighted by Crippen LogP contribution is 2.34. The molecule has 1 aliphatic heterocycles. The van der Waals surface area contributed by atoms with Crippen LogP contribution in [0.3, 0.4) is 0 Å². The number of nitrogens with zero attached hydrogens (tertiary/aromatic N) is 4. The molecule has 2 heterocycles. The van der Waals surface area contributed by atoms with Crippen LogP contribution in [0.1, 0.15) is 36.8 Å². The molecule has 0 radical (unpaired) electrons. The van der Waals surface area contributed by atoms with Gasteiger partial charge in [-0.15, -0.1) is 0 Å². The van der Waals surface area contributed by atoms with Gasteiger partial charge in [0.2, 0.25) is 5.91 Å². The number of hydrogen-bond donors (Lipinski definition) is 1. The summed E-state index contributed by atoms with van der Waals surface area (Å²) in [5, 5.41) is 13.8. The highest BCUT2D eigenvalue weighted by Gasteiger charge is 2.34. The highest BCUT2D eigenvalue weighted by molar-refractivity contribution is 6.31. The number of anilines is 2. The van der Waals surface area contributed by atoms with E-state index in [1.165, 1.54) is 12.1 Å². The Labute approximate surface area is 235 Å². The first-order valence-electron chi connectivity index (χ1n) is 13.3. The summed E-state index contributed by atoms with van der Waals surface area (Å²) in [6, 6.07) is 14.9. The Morgan fingerprint density at radius 2 is 1.80 bits per heavy atom. The number of alkyl halides is 3. The maximum absolute atomic E-state index is 13.3. The highest BCUT2D eigenvalue weighted by atomic mass is 35.5. The standard InChI is InChI=1S/C29H29ClF3N5O2/c30-21-3-9-26-19(15-21)2-10-27(36-26)37-11-13-38(14-12-37)28(39)18-40-24-7-5-22(6-8-24)35-23-4-1-20(17-34)25(16-23)29(31,32)33/h1-4,9-10,15-16,22,24,35H,5-8,11-14,18H2. The number of hydrogen-bond acceptors (Lipinski definition) is 6. The normalized spacial score (nSPS) is 19.9. The molecule has 1 saturated heterocycles. The zero-order valence-corrected chi connectivity index (χ0v) is 22.5. The minimum absolute atomic E-state index is 0.00153. The molecular weight excluding hydrogens is 543 g/mol. The zero-order valence-electron chi connectivity index (χ0n) is 21.8. The molecule has 0 atom stereocenters. The predicted molar refractivity (Wildman–Crippen MR) is 147 cm³/mol. The molecular formula is C29H29ClF3N5O2. The number of nitrogens with one attached hydrogen (secondary N) is 1. The van der Waals surface area contributed by atoms with Gasteiger partial charge in [-0.25, -0.2) is 4.98 Å². The molecule has 2 aromatic carbocycles. The number of halogens is 4. The molecule has 210 valence electrons. The fourth-order valence-electron chi connectivity index (χ4n) is 5.30. The molecule has 1 aromatic heterocycles. The number of ether oxygens (including phenoxy) is 1. The van der Waals surface area contributed by atoms with Gasteiger partial charge in [0, 0.05) is 48.3 Å². The van der Waals surface area contributed by atoms with Gasteiger partial charge < -0.3 is 19.9 Å². The van der Waals surface area contributed by atoms with Crippen LogP contribution in [0, 0.1) is 11.3 Å². The lowest BCUT2D eigenvalue weighted by Gasteiger charge is -2.36. The molecule has 0 spiro atoms. The van der Waals surface area contributed by atoms with Crippen LogP contribution in [0.5, 0.6) is 0 Å². The quantitative estimate of drug-likeness (QED) is 0.399. The van der Waals surface area contributed by atoms with Gasteiger partial charge >= 0.3 is 6.18 Å². The molecule has 2 fully saturated rings. The van der Waals surface area contributed by atoms with Crippen molar-refractivity contribution in [3.63, 3.8) is 0 Å². The Hall–Kier alpha value is -3.55. The summed E-state index contributed by atoms with van der Waals surface area (Å²) in [5.41, 5.74) is -0.109. The van der Waals surface area contributed by atoms with E-state index in [0.29, 0.717) is 62.6 Å². The molecule has 40 heavy (non-hydrogen) atoms. The van der Waals surface area contributed by atoms with E-state index < -0.39 is 17.3 Å². The van der Waals surface area contributed by atoms with Crippen molar-refractivity contribution in [1.29, 1.82) is 5.26 Å². The van der Waals surface area contributed by atoms with Gasteiger partial charge in [0.05, 0.1) is 28.8 Å². The lowest BCUT2D eigenvalue weighted by Crippen LogP contribution is -2.50. The van der Waals surface area contributed by atoms with Crippen LogP contribution in [-0.4, -0.2) is 60.7 Å². The van der Waals surface area contributed by atoms with Crippen LogP contribution in [0.2, 0.25) is 5.02 Å². The summed E-state index contributed by atoms with van der Waals surface area (Å²) in [6.45, 7) is 2.55. The number of benzene rings is 2. The van der Waals surface area contributed by atoms with Crippen molar-refractivity contribution < 1.29 is 22.7 Å². The summed E-state index contributed by atoms with van der Waals surface area (Å²) in [7, 11) is 0. The third-order valence-electron chi connectivity index (χ3n) is 7.53. The summed E-state index contributed by atoms with van der Waals surface area (Å²) >= 11 is 6.06. The van der Waals surface area contributed by atoms with Crippen LogP contribution in [0.25, 0.3) is 10.9 Å². The fraction of sp³-hybridized carbons (Fsp3) is 0.414. The Morgan fingerprint density at radius 1 is 1.05 bits per heavy atom. The zero-order chi connectivity index (χ0) is 28.3. The van der Waals surface area contributed by atoms with Crippen molar-refractivity contribution >= 4 is 39.9 Å². The van der Waals surface area contributed by atoms with E-state index in [4.69, 9.17) is 26.6 Å². The number of pyridine rings is 1. The topological polar surface area (TPSA) is 81.5 Å².